The Labute approximate surface area is 208 Å². The van der Waals surface area contributed by atoms with Crippen molar-refractivity contribution in [1.29, 1.82) is 0 Å². The number of carbonyl (C=O) groups excluding carboxylic acids is 1. The number of pyridine rings is 1. The first-order valence-corrected chi connectivity index (χ1v) is 11.7. The van der Waals surface area contributed by atoms with Gasteiger partial charge in [0.15, 0.2) is 5.82 Å². The predicted octanol–water partition coefficient (Wildman–Crippen LogP) is 2.45. The summed E-state index contributed by atoms with van der Waals surface area (Å²) in [4.78, 5) is 30.3. The number of aromatic nitrogens is 4. The topological polar surface area (TPSA) is 110 Å². The molecule has 2 heterocycles. The predicted molar refractivity (Wildman–Crippen MR) is 131 cm³/mol. The van der Waals surface area contributed by atoms with E-state index in [1.54, 1.807) is 49.7 Å². The Balaban J connectivity index is 1.82. The quantitative estimate of drug-likeness (QED) is 0.357. The number of benzene rings is 1. The number of hydrogen-bond acceptors (Lipinski definition) is 7. The van der Waals surface area contributed by atoms with Crippen LogP contribution < -0.4 is 11.0 Å². The summed E-state index contributed by atoms with van der Waals surface area (Å²) in [6.07, 6.45) is 1.63. The number of ether oxygens (including phenoxy) is 3. The SMILES string of the molecule is CCOC(CNC(=O)Cn1nc(-c2ccc(Cl)cc2)n(CCOC)c1=O)(OCC)c1ccccn1. The Hall–Kier alpha value is -3.05. The van der Waals surface area contributed by atoms with E-state index in [9.17, 15) is 9.59 Å². The van der Waals surface area contributed by atoms with Crippen LogP contribution in [0.3, 0.4) is 0 Å². The molecule has 0 atom stereocenters. The third kappa shape index (κ3) is 6.55. The van der Waals surface area contributed by atoms with Crippen LogP contribution in [0.15, 0.2) is 53.5 Å². The van der Waals surface area contributed by atoms with Crippen molar-refractivity contribution >= 4 is 17.5 Å². The summed E-state index contributed by atoms with van der Waals surface area (Å²) in [7, 11) is 1.55. The van der Waals surface area contributed by atoms with Crippen molar-refractivity contribution < 1.29 is 19.0 Å². The maximum absolute atomic E-state index is 13.0. The Morgan fingerprint density at radius 3 is 2.43 bits per heavy atom. The Kier molecular flexibility index (Phi) is 9.55. The lowest BCUT2D eigenvalue weighted by Gasteiger charge is -2.32. The molecule has 11 heteroatoms. The largest absolute Gasteiger partial charge is 0.383 e. The van der Waals surface area contributed by atoms with Crippen molar-refractivity contribution in [2.45, 2.75) is 32.7 Å². The molecule has 188 valence electrons. The van der Waals surface area contributed by atoms with E-state index < -0.39 is 17.4 Å². The summed E-state index contributed by atoms with van der Waals surface area (Å²) in [5.41, 5.74) is 0.811. The van der Waals surface area contributed by atoms with E-state index in [0.717, 1.165) is 4.68 Å². The lowest BCUT2D eigenvalue weighted by molar-refractivity contribution is -0.241. The summed E-state index contributed by atoms with van der Waals surface area (Å²) < 4.78 is 19.5. The van der Waals surface area contributed by atoms with Gasteiger partial charge in [-0.25, -0.2) is 9.48 Å². The molecule has 1 N–H and O–H groups in total. The van der Waals surface area contributed by atoms with E-state index in [2.05, 4.69) is 15.4 Å². The van der Waals surface area contributed by atoms with Crippen molar-refractivity contribution in [2.75, 3.05) is 33.5 Å². The first-order valence-electron chi connectivity index (χ1n) is 11.3. The number of amides is 1. The van der Waals surface area contributed by atoms with Gasteiger partial charge in [0.1, 0.15) is 12.2 Å². The highest BCUT2D eigenvalue weighted by Crippen LogP contribution is 2.25. The number of rotatable bonds is 13. The second-order valence-corrected chi connectivity index (χ2v) is 7.96. The highest BCUT2D eigenvalue weighted by Gasteiger charge is 2.36. The fourth-order valence-electron chi connectivity index (χ4n) is 3.58. The molecule has 0 unspecified atom stereocenters. The number of methoxy groups -OCH3 is 1. The van der Waals surface area contributed by atoms with Gasteiger partial charge in [0, 0.05) is 37.1 Å². The summed E-state index contributed by atoms with van der Waals surface area (Å²) in [5.74, 6) is -1.26. The molecule has 0 aliphatic rings. The van der Waals surface area contributed by atoms with Gasteiger partial charge in [-0.05, 0) is 50.2 Å². The zero-order valence-corrected chi connectivity index (χ0v) is 20.8. The molecule has 3 rings (SSSR count). The van der Waals surface area contributed by atoms with Crippen LogP contribution in [0.4, 0.5) is 0 Å². The second-order valence-electron chi connectivity index (χ2n) is 7.53. The molecule has 35 heavy (non-hydrogen) atoms. The minimum atomic E-state index is -1.25. The van der Waals surface area contributed by atoms with Gasteiger partial charge >= 0.3 is 5.69 Å². The number of carbonyl (C=O) groups is 1. The lowest BCUT2D eigenvalue weighted by atomic mass is 10.1. The van der Waals surface area contributed by atoms with Gasteiger partial charge in [-0.2, -0.15) is 0 Å². The molecule has 3 aromatic rings. The van der Waals surface area contributed by atoms with Crippen LogP contribution in [-0.2, 0) is 37.9 Å². The first-order chi connectivity index (χ1) is 16.9. The fraction of sp³-hybridized carbons (Fsp3) is 0.417. The van der Waals surface area contributed by atoms with Crippen molar-refractivity contribution in [3.8, 4) is 11.4 Å². The number of nitrogens with zero attached hydrogens (tertiary/aromatic N) is 4. The molecule has 1 amide bonds. The molecule has 10 nitrogen and oxygen atoms in total. The van der Waals surface area contributed by atoms with Crippen LogP contribution in [-0.4, -0.2) is 58.7 Å². The molecular formula is C24H30ClN5O5. The number of hydrogen-bond donors (Lipinski definition) is 1. The minimum absolute atomic E-state index is 0.00764. The molecule has 1 aromatic carbocycles. The fourth-order valence-corrected chi connectivity index (χ4v) is 3.71. The maximum Gasteiger partial charge on any atom is 0.346 e. The Morgan fingerprint density at radius 1 is 1.11 bits per heavy atom. The van der Waals surface area contributed by atoms with Gasteiger partial charge in [0.05, 0.1) is 19.7 Å². The summed E-state index contributed by atoms with van der Waals surface area (Å²) in [6, 6.07) is 12.3. The van der Waals surface area contributed by atoms with Crippen LogP contribution in [0.25, 0.3) is 11.4 Å². The van der Waals surface area contributed by atoms with Gasteiger partial charge in [-0.15, -0.1) is 5.10 Å². The molecule has 0 radical (unpaired) electrons. The van der Waals surface area contributed by atoms with Crippen molar-refractivity contribution in [1.82, 2.24) is 24.6 Å². The van der Waals surface area contributed by atoms with Gasteiger partial charge in [0.25, 0.3) is 0 Å². The minimum Gasteiger partial charge on any atom is -0.383 e. The highest BCUT2D eigenvalue weighted by molar-refractivity contribution is 6.30. The average Bonchev–Trinajstić information content (AvgIpc) is 3.17. The Bertz CT molecular complexity index is 1140. The molecule has 0 bridgehead atoms. The standard InChI is InChI=1S/C24H30ClN5O5/c1-4-34-24(35-5-2,20-8-6-7-13-26-20)17-27-21(31)16-30-23(32)29(14-15-33-3)22(28-30)18-9-11-19(25)12-10-18/h6-13H,4-5,14-17H2,1-3H3,(H,27,31). The van der Waals surface area contributed by atoms with Crippen LogP contribution >= 0.6 is 11.6 Å². The second kappa shape index (κ2) is 12.6. The molecular weight excluding hydrogens is 474 g/mol. The number of halogens is 1. The van der Waals surface area contributed by atoms with Gasteiger partial charge < -0.3 is 19.5 Å². The maximum atomic E-state index is 13.0. The molecule has 0 aliphatic heterocycles. The smallest absolute Gasteiger partial charge is 0.346 e. The number of nitrogens with one attached hydrogen (secondary N) is 1. The average molecular weight is 504 g/mol. The van der Waals surface area contributed by atoms with Crippen LogP contribution in [0.5, 0.6) is 0 Å². The van der Waals surface area contributed by atoms with Crippen molar-refractivity contribution in [3.05, 3.63) is 69.9 Å². The first kappa shape index (κ1) is 26.6. The molecule has 0 spiro atoms. The molecule has 0 saturated carbocycles. The third-order valence-electron chi connectivity index (χ3n) is 5.17. The summed E-state index contributed by atoms with van der Waals surface area (Å²) in [5, 5.41) is 7.78. The molecule has 2 aromatic heterocycles. The van der Waals surface area contributed by atoms with E-state index >= 15 is 0 Å². The highest BCUT2D eigenvalue weighted by atomic mass is 35.5. The Morgan fingerprint density at radius 2 is 1.83 bits per heavy atom. The van der Waals surface area contributed by atoms with Gasteiger partial charge in [0.2, 0.25) is 11.7 Å². The van der Waals surface area contributed by atoms with E-state index in [4.69, 9.17) is 25.8 Å². The monoisotopic (exact) mass is 503 g/mol. The molecule has 0 fully saturated rings. The van der Waals surface area contributed by atoms with Crippen LogP contribution in [0, 0.1) is 0 Å². The van der Waals surface area contributed by atoms with E-state index in [-0.39, 0.29) is 19.6 Å². The normalized spacial score (nSPS) is 11.5. The van der Waals surface area contributed by atoms with Crippen LogP contribution in [0.2, 0.25) is 5.02 Å². The molecule has 0 saturated heterocycles. The van der Waals surface area contributed by atoms with E-state index in [1.165, 1.54) is 4.57 Å². The summed E-state index contributed by atoms with van der Waals surface area (Å²) in [6.45, 7) is 4.69. The van der Waals surface area contributed by atoms with E-state index in [1.807, 2.05) is 19.9 Å². The van der Waals surface area contributed by atoms with Crippen molar-refractivity contribution in [3.63, 3.8) is 0 Å². The van der Waals surface area contributed by atoms with Crippen molar-refractivity contribution in [2.24, 2.45) is 0 Å². The zero-order valence-electron chi connectivity index (χ0n) is 20.1. The van der Waals surface area contributed by atoms with Gasteiger partial charge in [-0.3, -0.25) is 14.3 Å². The lowest BCUT2D eigenvalue weighted by Crippen LogP contribution is -2.47. The van der Waals surface area contributed by atoms with Gasteiger partial charge in [-0.1, -0.05) is 17.7 Å². The third-order valence-corrected chi connectivity index (χ3v) is 5.42. The zero-order chi connectivity index (χ0) is 25.3. The van der Waals surface area contributed by atoms with E-state index in [0.29, 0.717) is 41.9 Å². The molecule has 0 aliphatic carbocycles. The summed E-state index contributed by atoms with van der Waals surface area (Å²) >= 11 is 6.00. The van der Waals surface area contributed by atoms with Crippen LogP contribution in [0.1, 0.15) is 19.5 Å².